The largest absolute Gasteiger partial charge is 0.472 e. The first-order chi connectivity index (χ1) is 48.3. The number of hydrogen-bond donors (Lipinski definition) is 3. The number of hydrogen-bond acceptors (Lipinski definition) is 15. The molecule has 100 heavy (non-hydrogen) atoms. The van der Waals surface area contributed by atoms with E-state index in [1.807, 2.05) is 0 Å². The summed E-state index contributed by atoms with van der Waals surface area (Å²) in [5.41, 5.74) is 0. The zero-order chi connectivity index (χ0) is 73.7. The van der Waals surface area contributed by atoms with Crippen molar-refractivity contribution in [2.45, 2.75) is 439 Å². The lowest BCUT2D eigenvalue weighted by Crippen LogP contribution is -2.30. The summed E-state index contributed by atoms with van der Waals surface area (Å²) in [6, 6.07) is 0. The van der Waals surface area contributed by atoms with Gasteiger partial charge in [0.25, 0.3) is 0 Å². The fourth-order valence-corrected chi connectivity index (χ4v) is 14.0. The average molecular weight is 1470 g/mol. The van der Waals surface area contributed by atoms with E-state index < -0.39 is 97.5 Å². The summed E-state index contributed by atoms with van der Waals surface area (Å²) >= 11 is 0. The second-order valence-corrected chi connectivity index (χ2v) is 33.3. The van der Waals surface area contributed by atoms with Gasteiger partial charge in [-0.1, -0.05) is 370 Å². The van der Waals surface area contributed by atoms with Gasteiger partial charge in [-0.25, -0.2) is 9.13 Å². The second-order valence-electron chi connectivity index (χ2n) is 30.4. The molecule has 17 nitrogen and oxygen atoms in total. The molecule has 594 valence electrons. The molecule has 0 rings (SSSR count). The van der Waals surface area contributed by atoms with Gasteiger partial charge in [0.1, 0.15) is 19.3 Å². The molecule has 0 fully saturated rings. The van der Waals surface area contributed by atoms with Crippen molar-refractivity contribution in [3.63, 3.8) is 0 Å². The monoisotopic (exact) mass is 1470 g/mol. The van der Waals surface area contributed by atoms with Crippen LogP contribution in [0.3, 0.4) is 0 Å². The van der Waals surface area contributed by atoms with Crippen molar-refractivity contribution in [3.8, 4) is 0 Å². The van der Waals surface area contributed by atoms with Gasteiger partial charge in [0.2, 0.25) is 0 Å². The SMILES string of the molecule is CCCCCCCCCCCCC(=O)OC[C@H](COP(=O)(O)OC[C@H](O)COP(=O)(O)OC[C@@H](COC(=O)CCCCCCCCCCCCCCCCC(C)CC)OC(=O)CCCCCCCCCCCCCCCCCCCCC(C)C)OC(=O)CCCCCCCCCCC(C)C. The van der Waals surface area contributed by atoms with Crippen LogP contribution in [0.1, 0.15) is 421 Å². The number of esters is 4. The van der Waals surface area contributed by atoms with Gasteiger partial charge < -0.3 is 33.8 Å². The van der Waals surface area contributed by atoms with E-state index in [0.717, 1.165) is 108 Å². The van der Waals surface area contributed by atoms with Gasteiger partial charge >= 0.3 is 39.5 Å². The number of carbonyl (C=O) groups is 4. The summed E-state index contributed by atoms with van der Waals surface area (Å²) < 4.78 is 68.6. The summed E-state index contributed by atoms with van der Waals surface area (Å²) in [7, 11) is -9.92. The molecule has 0 amide bonds. The lowest BCUT2D eigenvalue weighted by Gasteiger charge is -2.21. The van der Waals surface area contributed by atoms with Crippen LogP contribution in [-0.4, -0.2) is 96.7 Å². The summed E-state index contributed by atoms with van der Waals surface area (Å²) in [6.07, 6.45) is 59.7. The van der Waals surface area contributed by atoms with Gasteiger partial charge in [0.05, 0.1) is 26.4 Å². The predicted molar refractivity (Wildman–Crippen MR) is 409 cm³/mol. The minimum absolute atomic E-state index is 0.105. The van der Waals surface area contributed by atoms with E-state index in [1.165, 1.54) is 231 Å². The molecule has 0 spiro atoms. The highest BCUT2D eigenvalue weighted by atomic mass is 31.2. The van der Waals surface area contributed by atoms with Crippen molar-refractivity contribution in [3.05, 3.63) is 0 Å². The van der Waals surface area contributed by atoms with Gasteiger partial charge in [-0.3, -0.25) is 37.3 Å². The Morgan fingerprint density at radius 1 is 0.290 bits per heavy atom. The third-order valence-corrected chi connectivity index (χ3v) is 21.1. The van der Waals surface area contributed by atoms with Crippen LogP contribution in [-0.2, 0) is 65.4 Å². The molecule has 0 saturated heterocycles. The molecule has 0 aliphatic carbocycles. The Hall–Kier alpha value is -1.94. The Bertz CT molecular complexity index is 1940. The van der Waals surface area contributed by atoms with E-state index >= 15 is 0 Å². The van der Waals surface area contributed by atoms with Gasteiger partial charge in [-0.2, -0.15) is 0 Å². The first-order valence-corrected chi connectivity index (χ1v) is 44.9. The molecule has 0 aliphatic heterocycles. The lowest BCUT2D eigenvalue weighted by atomic mass is 9.99. The predicted octanol–water partition coefficient (Wildman–Crippen LogP) is 24.1. The number of aliphatic hydroxyl groups is 1. The first-order valence-electron chi connectivity index (χ1n) is 41.9. The molecule has 3 N–H and O–H groups in total. The van der Waals surface area contributed by atoms with Crippen molar-refractivity contribution < 1.29 is 80.2 Å². The van der Waals surface area contributed by atoms with Crippen LogP contribution >= 0.6 is 15.6 Å². The van der Waals surface area contributed by atoms with E-state index in [1.54, 1.807) is 0 Å². The van der Waals surface area contributed by atoms with Gasteiger partial charge in [0.15, 0.2) is 12.2 Å². The number of rotatable bonds is 79. The lowest BCUT2D eigenvalue weighted by molar-refractivity contribution is -0.161. The standard InChI is InChI=1S/C81H158O17P2/c1-8-10-11-12-13-14-33-41-48-55-62-78(83)91-69-77(98-81(86)65-58-51-44-37-36-39-46-53-60-73(5)6)71-96-100(89,90)94-67-75(82)66-93-99(87,88)95-70-76(68-92-79(84)63-56-49-42-34-29-25-22-21-24-28-32-40-47-54-61-74(7)9-2)97-80(85)64-57-50-43-35-30-26-20-18-16-15-17-19-23-27-31-38-45-52-59-72(3)4/h72-77,82H,8-71H2,1-7H3,(H,87,88)(H,89,90)/t74?,75-,76-,77-/m1/s1. The zero-order valence-electron chi connectivity index (χ0n) is 65.7. The first kappa shape index (κ1) is 98.1. The van der Waals surface area contributed by atoms with E-state index in [2.05, 4.69) is 48.5 Å². The van der Waals surface area contributed by atoms with Crippen LogP contribution in [0.2, 0.25) is 0 Å². The number of phosphoric acid groups is 2. The normalized spacial score (nSPS) is 14.2. The van der Waals surface area contributed by atoms with Crippen LogP contribution in [0.25, 0.3) is 0 Å². The minimum atomic E-state index is -4.96. The number of carbonyl (C=O) groups excluding carboxylic acids is 4. The summed E-state index contributed by atoms with van der Waals surface area (Å²) in [5, 5.41) is 10.6. The average Bonchev–Trinajstić information content (AvgIpc) is 0.951. The zero-order valence-corrected chi connectivity index (χ0v) is 67.5. The Morgan fingerprint density at radius 2 is 0.510 bits per heavy atom. The van der Waals surface area contributed by atoms with Crippen molar-refractivity contribution in [1.82, 2.24) is 0 Å². The van der Waals surface area contributed by atoms with Crippen LogP contribution in [0.5, 0.6) is 0 Å². The second kappa shape index (κ2) is 71.3. The van der Waals surface area contributed by atoms with Gasteiger partial charge in [-0.15, -0.1) is 0 Å². The molecule has 0 bridgehead atoms. The number of phosphoric ester groups is 2. The number of unbranched alkanes of at least 4 members (excludes halogenated alkanes) is 46. The quantitative estimate of drug-likeness (QED) is 0.0222. The number of ether oxygens (including phenoxy) is 4. The molecule has 0 radical (unpaired) electrons. The smallest absolute Gasteiger partial charge is 0.462 e. The molecule has 3 unspecified atom stereocenters. The Kier molecular flexibility index (Phi) is 69.9. The Labute approximate surface area is 613 Å². The van der Waals surface area contributed by atoms with E-state index in [0.29, 0.717) is 25.7 Å². The molecule has 0 aliphatic rings. The maximum absolute atomic E-state index is 13.1. The third kappa shape index (κ3) is 73.0. The summed E-state index contributed by atoms with van der Waals surface area (Å²) in [5.74, 6) is 0.275. The van der Waals surface area contributed by atoms with Crippen molar-refractivity contribution in [1.29, 1.82) is 0 Å². The van der Waals surface area contributed by atoms with Crippen molar-refractivity contribution >= 4 is 39.5 Å². The molecular weight excluding hydrogens is 1310 g/mol. The maximum atomic E-state index is 13.1. The summed E-state index contributed by atoms with van der Waals surface area (Å²) in [6.45, 7) is 12.0. The fourth-order valence-electron chi connectivity index (χ4n) is 12.5. The topological polar surface area (TPSA) is 237 Å². The summed E-state index contributed by atoms with van der Waals surface area (Å²) in [4.78, 5) is 72.9. The molecular formula is C81H158O17P2. The molecule has 6 atom stereocenters. The van der Waals surface area contributed by atoms with E-state index in [4.69, 9.17) is 37.0 Å². The van der Waals surface area contributed by atoms with Gasteiger partial charge in [0, 0.05) is 25.7 Å². The van der Waals surface area contributed by atoms with Crippen molar-refractivity contribution in [2.24, 2.45) is 17.8 Å². The molecule has 0 heterocycles. The van der Waals surface area contributed by atoms with Crippen LogP contribution < -0.4 is 0 Å². The molecule has 19 heteroatoms. The highest BCUT2D eigenvalue weighted by molar-refractivity contribution is 7.47. The van der Waals surface area contributed by atoms with Crippen LogP contribution in [0.4, 0.5) is 0 Å². The Balaban J connectivity index is 5.21. The van der Waals surface area contributed by atoms with Crippen LogP contribution in [0.15, 0.2) is 0 Å². The minimum Gasteiger partial charge on any atom is -0.462 e. The Morgan fingerprint density at radius 3 is 0.760 bits per heavy atom. The highest BCUT2D eigenvalue weighted by Crippen LogP contribution is 2.45. The van der Waals surface area contributed by atoms with Gasteiger partial charge in [-0.05, 0) is 43.4 Å². The molecule has 0 aromatic rings. The maximum Gasteiger partial charge on any atom is 0.472 e. The number of aliphatic hydroxyl groups excluding tert-OH is 1. The van der Waals surface area contributed by atoms with Crippen LogP contribution in [0, 0.1) is 17.8 Å². The third-order valence-electron chi connectivity index (χ3n) is 19.2. The van der Waals surface area contributed by atoms with E-state index in [-0.39, 0.29) is 25.7 Å². The fraction of sp³-hybridized carbons (Fsp3) is 0.951. The van der Waals surface area contributed by atoms with Crippen molar-refractivity contribution in [2.75, 3.05) is 39.6 Å². The molecule has 0 saturated carbocycles. The molecule has 0 aromatic carbocycles. The van der Waals surface area contributed by atoms with E-state index in [9.17, 15) is 43.2 Å². The molecule has 0 aromatic heterocycles. The highest BCUT2D eigenvalue weighted by Gasteiger charge is 2.30.